The van der Waals surface area contributed by atoms with Crippen LogP contribution in [-0.2, 0) is 10.3 Å². The van der Waals surface area contributed by atoms with Crippen molar-refractivity contribution in [3.8, 4) is 0 Å². The minimum absolute atomic E-state index is 0.0793. The molecule has 1 atom stereocenters. The third-order valence-corrected chi connectivity index (χ3v) is 6.49. The molecule has 158 valence electrons. The van der Waals surface area contributed by atoms with Gasteiger partial charge < -0.3 is 15.5 Å². The number of rotatable bonds is 4. The van der Waals surface area contributed by atoms with Crippen LogP contribution in [0, 0.1) is 12.8 Å². The summed E-state index contributed by atoms with van der Waals surface area (Å²) < 4.78 is 0. The second-order valence-electron chi connectivity index (χ2n) is 8.73. The molecule has 0 spiro atoms. The van der Waals surface area contributed by atoms with Gasteiger partial charge in [-0.2, -0.15) is 0 Å². The molecule has 0 aromatic heterocycles. The molecular weight excluding hydrogens is 374 g/mol. The molecule has 4 rings (SSSR count). The Bertz CT molecular complexity index is 890. The number of nitrogens with one attached hydrogen (secondary N) is 2. The van der Waals surface area contributed by atoms with Crippen molar-refractivity contribution in [3.63, 3.8) is 0 Å². The van der Waals surface area contributed by atoms with Crippen LogP contribution in [0.15, 0.2) is 54.6 Å². The number of amides is 3. The number of nitrogens with zero attached hydrogens (tertiary/aromatic N) is 1. The Morgan fingerprint density at radius 1 is 1.00 bits per heavy atom. The van der Waals surface area contributed by atoms with Gasteiger partial charge in [-0.25, -0.2) is 4.79 Å². The van der Waals surface area contributed by atoms with E-state index >= 15 is 0 Å². The third kappa shape index (κ3) is 4.50. The average molecular weight is 406 g/mol. The third-order valence-electron chi connectivity index (χ3n) is 6.49. The average Bonchev–Trinajstić information content (AvgIpc) is 3.24. The molecule has 1 aliphatic carbocycles. The van der Waals surface area contributed by atoms with E-state index in [4.69, 9.17) is 0 Å². The number of piperidine rings is 1. The number of carbonyl (C=O) groups excluding carboxylic acids is 2. The summed E-state index contributed by atoms with van der Waals surface area (Å²) in [7, 11) is 0. The Morgan fingerprint density at radius 2 is 1.77 bits per heavy atom. The fraction of sp³-hybridized carbons (Fsp3) is 0.440. The van der Waals surface area contributed by atoms with Crippen LogP contribution in [0.5, 0.6) is 0 Å². The molecule has 1 aliphatic heterocycles. The van der Waals surface area contributed by atoms with Crippen LogP contribution < -0.4 is 10.6 Å². The van der Waals surface area contributed by atoms with Gasteiger partial charge in [0.15, 0.2) is 0 Å². The van der Waals surface area contributed by atoms with Crippen LogP contribution in [0.3, 0.4) is 0 Å². The molecule has 0 radical (unpaired) electrons. The largest absolute Gasteiger partial charge is 0.346 e. The summed E-state index contributed by atoms with van der Waals surface area (Å²) in [5, 5.41) is 6.36. The number of aryl methyl sites for hydroxylation is 1. The first-order valence-corrected chi connectivity index (χ1v) is 11.1. The Labute approximate surface area is 178 Å². The Hall–Kier alpha value is -2.82. The van der Waals surface area contributed by atoms with Crippen LogP contribution in [0.2, 0.25) is 0 Å². The molecule has 2 N–H and O–H groups in total. The highest BCUT2D eigenvalue weighted by Gasteiger charge is 2.39. The topological polar surface area (TPSA) is 61.4 Å². The van der Waals surface area contributed by atoms with E-state index in [0.29, 0.717) is 13.1 Å². The molecule has 0 bridgehead atoms. The van der Waals surface area contributed by atoms with Gasteiger partial charge in [-0.3, -0.25) is 4.79 Å². The van der Waals surface area contributed by atoms with E-state index in [9.17, 15) is 9.59 Å². The number of hydrogen-bond acceptors (Lipinski definition) is 2. The van der Waals surface area contributed by atoms with Crippen molar-refractivity contribution < 1.29 is 9.59 Å². The van der Waals surface area contributed by atoms with E-state index in [1.54, 1.807) is 4.90 Å². The molecule has 2 aliphatic rings. The zero-order valence-electron chi connectivity index (χ0n) is 17.7. The van der Waals surface area contributed by atoms with Crippen molar-refractivity contribution in [1.82, 2.24) is 10.2 Å². The molecule has 1 heterocycles. The Kier molecular flexibility index (Phi) is 6.07. The van der Waals surface area contributed by atoms with Gasteiger partial charge in [0.05, 0.1) is 11.5 Å². The van der Waals surface area contributed by atoms with Crippen molar-refractivity contribution in [2.24, 2.45) is 5.92 Å². The second-order valence-corrected chi connectivity index (χ2v) is 8.73. The van der Waals surface area contributed by atoms with Gasteiger partial charge in [0.1, 0.15) is 0 Å². The van der Waals surface area contributed by atoms with E-state index in [0.717, 1.165) is 44.2 Å². The number of urea groups is 1. The van der Waals surface area contributed by atoms with E-state index in [1.807, 2.05) is 30.3 Å². The van der Waals surface area contributed by atoms with Gasteiger partial charge in [-0.1, -0.05) is 60.9 Å². The van der Waals surface area contributed by atoms with Crippen LogP contribution in [0.1, 0.15) is 49.7 Å². The summed E-state index contributed by atoms with van der Waals surface area (Å²) in [6.07, 6.45) is 5.89. The smallest absolute Gasteiger partial charge is 0.321 e. The van der Waals surface area contributed by atoms with E-state index in [-0.39, 0.29) is 23.4 Å². The highest BCUT2D eigenvalue weighted by molar-refractivity contribution is 5.90. The molecule has 1 saturated heterocycles. The van der Waals surface area contributed by atoms with E-state index < -0.39 is 0 Å². The maximum absolute atomic E-state index is 13.3. The first kappa shape index (κ1) is 20.5. The monoisotopic (exact) mass is 405 g/mol. The summed E-state index contributed by atoms with van der Waals surface area (Å²) in [6, 6.07) is 17.8. The number of anilines is 1. The minimum atomic E-state index is -0.266. The SMILES string of the molecule is Cc1cccc(C2(NC(=O)C3CCCN(C(=O)Nc4ccccc4)C3)CCCC2)c1. The summed E-state index contributed by atoms with van der Waals surface area (Å²) in [5.74, 6) is -0.0850. The summed E-state index contributed by atoms with van der Waals surface area (Å²) in [6.45, 7) is 3.25. The maximum atomic E-state index is 13.3. The highest BCUT2D eigenvalue weighted by Crippen LogP contribution is 2.39. The first-order valence-electron chi connectivity index (χ1n) is 11.1. The molecule has 2 aromatic rings. The predicted octanol–water partition coefficient (Wildman–Crippen LogP) is 4.82. The molecule has 5 nitrogen and oxygen atoms in total. The predicted molar refractivity (Wildman–Crippen MR) is 119 cm³/mol. The van der Waals surface area contributed by atoms with Crippen molar-refractivity contribution in [1.29, 1.82) is 0 Å². The van der Waals surface area contributed by atoms with Gasteiger partial charge in [0.2, 0.25) is 5.91 Å². The van der Waals surface area contributed by atoms with E-state index in [1.165, 1.54) is 11.1 Å². The van der Waals surface area contributed by atoms with Gasteiger partial charge in [-0.05, 0) is 50.3 Å². The van der Waals surface area contributed by atoms with Crippen molar-refractivity contribution >= 4 is 17.6 Å². The van der Waals surface area contributed by atoms with Gasteiger partial charge >= 0.3 is 6.03 Å². The highest BCUT2D eigenvalue weighted by atomic mass is 16.2. The minimum Gasteiger partial charge on any atom is -0.346 e. The molecule has 3 amide bonds. The summed E-state index contributed by atoms with van der Waals surface area (Å²) >= 11 is 0. The number of para-hydroxylation sites is 1. The van der Waals surface area contributed by atoms with Crippen LogP contribution in [0.25, 0.3) is 0 Å². The lowest BCUT2D eigenvalue weighted by Crippen LogP contribution is -2.51. The first-order chi connectivity index (χ1) is 14.6. The zero-order chi connectivity index (χ0) is 21.0. The fourth-order valence-electron chi connectivity index (χ4n) is 4.84. The lowest BCUT2D eigenvalue weighted by Gasteiger charge is -2.36. The number of likely N-dealkylation sites (tertiary alicyclic amines) is 1. The molecular formula is C25H31N3O2. The van der Waals surface area contributed by atoms with Crippen molar-refractivity contribution in [3.05, 3.63) is 65.7 Å². The normalized spacial score (nSPS) is 20.6. The van der Waals surface area contributed by atoms with Gasteiger partial charge in [0, 0.05) is 18.8 Å². The van der Waals surface area contributed by atoms with Crippen molar-refractivity contribution in [2.45, 2.75) is 51.0 Å². The molecule has 5 heteroatoms. The van der Waals surface area contributed by atoms with E-state index in [2.05, 4.69) is 41.8 Å². The fourth-order valence-corrected chi connectivity index (χ4v) is 4.84. The van der Waals surface area contributed by atoms with Gasteiger partial charge in [0.25, 0.3) is 0 Å². The van der Waals surface area contributed by atoms with Gasteiger partial charge in [-0.15, -0.1) is 0 Å². The van der Waals surface area contributed by atoms with Crippen LogP contribution >= 0.6 is 0 Å². The lowest BCUT2D eigenvalue weighted by atomic mass is 9.86. The Morgan fingerprint density at radius 3 is 2.50 bits per heavy atom. The van der Waals surface area contributed by atoms with Crippen LogP contribution in [-0.4, -0.2) is 29.9 Å². The summed E-state index contributed by atoms with van der Waals surface area (Å²) in [5.41, 5.74) is 2.94. The molecule has 2 fully saturated rings. The molecule has 1 saturated carbocycles. The zero-order valence-corrected chi connectivity index (χ0v) is 17.7. The number of hydrogen-bond donors (Lipinski definition) is 2. The van der Waals surface area contributed by atoms with Crippen molar-refractivity contribution in [2.75, 3.05) is 18.4 Å². The quantitative estimate of drug-likeness (QED) is 0.766. The lowest BCUT2D eigenvalue weighted by molar-refractivity contribution is -0.128. The maximum Gasteiger partial charge on any atom is 0.321 e. The standard InChI is InChI=1S/C25H31N3O2/c1-19-9-7-11-21(17-19)25(14-5-6-15-25)27-23(29)20-10-8-16-28(18-20)24(30)26-22-12-3-2-4-13-22/h2-4,7,9,11-13,17,20H,5-6,8,10,14-16,18H2,1H3,(H,26,30)(H,27,29). The molecule has 2 aromatic carbocycles. The number of benzene rings is 2. The Balaban J connectivity index is 1.43. The second kappa shape index (κ2) is 8.90. The number of carbonyl (C=O) groups is 2. The van der Waals surface area contributed by atoms with Crippen LogP contribution in [0.4, 0.5) is 10.5 Å². The molecule has 30 heavy (non-hydrogen) atoms. The molecule has 1 unspecified atom stereocenters. The summed E-state index contributed by atoms with van der Waals surface area (Å²) in [4.78, 5) is 27.7.